The normalized spacial score (nSPS) is 23.3. The monoisotopic (exact) mass is 400 g/mol. The van der Waals surface area contributed by atoms with Gasteiger partial charge in [-0.1, -0.05) is 38.1 Å². The van der Waals surface area contributed by atoms with Gasteiger partial charge in [-0.3, -0.25) is 9.69 Å². The number of aliphatic hydroxyl groups is 1. The first-order valence-electron chi connectivity index (χ1n) is 10.7. The number of carbonyl (C=O) groups is 1. The third-order valence-corrected chi connectivity index (χ3v) is 6.84. The number of ether oxygens (including phenoxy) is 1. The maximum Gasteiger partial charge on any atom is 0.238 e. The first-order chi connectivity index (χ1) is 13.7. The summed E-state index contributed by atoms with van der Waals surface area (Å²) in [5.74, 6) is 1.38. The molecule has 3 unspecified atom stereocenters. The molecule has 2 bridgehead atoms. The van der Waals surface area contributed by atoms with E-state index in [1.54, 1.807) is 0 Å². The van der Waals surface area contributed by atoms with Gasteiger partial charge >= 0.3 is 0 Å². The Hall–Kier alpha value is -1.69. The van der Waals surface area contributed by atoms with Gasteiger partial charge in [0.15, 0.2) is 0 Å². The summed E-state index contributed by atoms with van der Waals surface area (Å²) in [6.07, 6.45) is 4.16. The number of fused-ring (bicyclic) bond motifs is 1. The van der Waals surface area contributed by atoms with E-state index in [9.17, 15) is 9.90 Å². The van der Waals surface area contributed by atoms with Crippen LogP contribution in [-0.2, 0) is 9.53 Å². The molecule has 5 nitrogen and oxygen atoms in total. The van der Waals surface area contributed by atoms with Crippen molar-refractivity contribution in [2.24, 2.45) is 17.3 Å². The highest BCUT2D eigenvalue weighted by atomic mass is 16.5. The second kappa shape index (κ2) is 8.99. The number of aryl methyl sites for hydroxylation is 2. The second-order valence-corrected chi connectivity index (χ2v) is 9.50. The van der Waals surface area contributed by atoms with Crippen molar-refractivity contribution in [2.75, 3.05) is 38.7 Å². The van der Waals surface area contributed by atoms with E-state index in [2.05, 4.69) is 25.2 Å². The van der Waals surface area contributed by atoms with Crippen LogP contribution in [0, 0.1) is 31.1 Å². The van der Waals surface area contributed by atoms with Gasteiger partial charge in [0.25, 0.3) is 0 Å². The standard InChI is InChI=1S/C24H36N2O3/c1-16-7-6-8-17(2)23(16)25-22(28)13-26(5)12-20(27)15-29-14-18-9-10-19-11-21(18)24(19,3)4/h6-9,19-21,27H,10-15H2,1-5H3,(H,25,28). The second-order valence-electron chi connectivity index (χ2n) is 9.50. The zero-order valence-electron chi connectivity index (χ0n) is 18.5. The third kappa shape index (κ3) is 5.08. The lowest BCUT2D eigenvalue weighted by Crippen LogP contribution is -2.48. The van der Waals surface area contributed by atoms with Crippen molar-refractivity contribution in [3.05, 3.63) is 41.0 Å². The van der Waals surface area contributed by atoms with E-state index < -0.39 is 6.10 Å². The zero-order chi connectivity index (χ0) is 21.2. The maximum atomic E-state index is 12.4. The van der Waals surface area contributed by atoms with Gasteiger partial charge in [0.05, 0.1) is 25.9 Å². The third-order valence-electron chi connectivity index (χ3n) is 6.84. The number of likely N-dealkylation sites (N-methyl/N-ethyl adjacent to an activating group) is 1. The SMILES string of the molecule is Cc1cccc(C)c1NC(=O)CN(C)CC(O)COCC1=CCC2CC1C2(C)C. The van der Waals surface area contributed by atoms with Gasteiger partial charge < -0.3 is 15.2 Å². The van der Waals surface area contributed by atoms with E-state index in [4.69, 9.17) is 4.74 Å². The Balaban J connectivity index is 1.37. The predicted molar refractivity (Wildman–Crippen MR) is 117 cm³/mol. The van der Waals surface area contributed by atoms with Crippen LogP contribution in [0.5, 0.6) is 0 Å². The van der Waals surface area contributed by atoms with Crippen LogP contribution >= 0.6 is 0 Å². The lowest BCUT2D eigenvalue weighted by Gasteiger charge is -2.56. The van der Waals surface area contributed by atoms with Gasteiger partial charge in [-0.15, -0.1) is 0 Å². The lowest BCUT2D eigenvalue weighted by molar-refractivity contribution is -0.117. The van der Waals surface area contributed by atoms with E-state index in [-0.39, 0.29) is 19.1 Å². The highest BCUT2D eigenvalue weighted by molar-refractivity contribution is 5.93. The number of nitrogens with one attached hydrogen (secondary N) is 1. The largest absolute Gasteiger partial charge is 0.389 e. The molecule has 3 atom stereocenters. The Morgan fingerprint density at radius 2 is 2.03 bits per heavy atom. The maximum absolute atomic E-state index is 12.4. The number of para-hydroxylation sites is 1. The van der Waals surface area contributed by atoms with Crippen LogP contribution in [0.2, 0.25) is 0 Å². The van der Waals surface area contributed by atoms with Gasteiger partial charge in [-0.05, 0) is 67.7 Å². The molecule has 3 aliphatic carbocycles. The predicted octanol–water partition coefficient (Wildman–Crippen LogP) is 3.54. The number of benzene rings is 1. The van der Waals surface area contributed by atoms with Crippen molar-refractivity contribution in [1.82, 2.24) is 4.90 Å². The summed E-state index contributed by atoms with van der Waals surface area (Å²) in [5.41, 5.74) is 4.76. The zero-order valence-corrected chi connectivity index (χ0v) is 18.5. The summed E-state index contributed by atoms with van der Waals surface area (Å²) in [6.45, 7) is 10.2. The van der Waals surface area contributed by atoms with Crippen LogP contribution in [0.4, 0.5) is 5.69 Å². The summed E-state index contributed by atoms with van der Waals surface area (Å²) in [5, 5.41) is 13.3. The summed E-state index contributed by atoms with van der Waals surface area (Å²) in [6, 6.07) is 5.95. The molecule has 0 spiro atoms. The molecule has 29 heavy (non-hydrogen) atoms. The molecule has 2 N–H and O–H groups in total. The van der Waals surface area contributed by atoms with Crippen molar-refractivity contribution in [1.29, 1.82) is 0 Å². The molecule has 1 amide bonds. The molecule has 3 aliphatic rings. The average Bonchev–Trinajstić information content (AvgIpc) is 2.64. The van der Waals surface area contributed by atoms with E-state index in [0.717, 1.165) is 29.2 Å². The molecule has 0 aliphatic heterocycles. The van der Waals surface area contributed by atoms with Crippen molar-refractivity contribution < 1.29 is 14.6 Å². The number of nitrogens with zero attached hydrogens (tertiary/aromatic N) is 1. The molecular weight excluding hydrogens is 364 g/mol. The number of hydrogen-bond acceptors (Lipinski definition) is 4. The van der Waals surface area contributed by atoms with Crippen LogP contribution < -0.4 is 5.32 Å². The number of amides is 1. The smallest absolute Gasteiger partial charge is 0.238 e. The van der Waals surface area contributed by atoms with E-state index in [1.807, 2.05) is 44.0 Å². The van der Waals surface area contributed by atoms with Crippen molar-refractivity contribution in [2.45, 2.75) is 46.6 Å². The molecule has 1 saturated carbocycles. The molecule has 1 aromatic rings. The van der Waals surface area contributed by atoms with Gasteiger partial charge in [-0.25, -0.2) is 0 Å². The molecule has 0 radical (unpaired) electrons. The van der Waals surface area contributed by atoms with Crippen LogP contribution in [0.25, 0.3) is 0 Å². The number of allylic oxidation sites excluding steroid dienone is 1. The summed E-state index contributed by atoms with van der Waals surface area (Å²) >= 11 is 0. The molecule has 0 saturated heterocycles. The molecular formula is C24H36N2O3. The Labute approximate surface area is 175 Å². The highest BCUT2D eigenvalue weighted by Gasteiger charge is 2.50. The topological polar surface area (TPSA) is 61.8 Å². The minimum atomic E-state index is -0.612. The van der Waals surface area contributed by atoms with E-state index in [0.29, 0.717) is 24.5 Å². The van der Waals surface area contributed by atoms with Gasteiger partial charge in [0.1, 0.15) is 0 Å². The highest BCUT2D eigenvalue weighted by Crippen LogP contribution is 2.59. The minimum absolute atomic E-state index is 0.0767. The Kier molecular flexibility index (Phi) is 6.82. The molecule has 160 valence electrons. The number of rotatable bonds is 9. The fourth-order valence-electron chi connectivity index (χ4n) is 4.87. The fraction of sp³-hybridized carbons (Fsp3) is 0.625. The Bertz CT molecular complexity index is 751. The minimum Gasteiger partial charge on any atom is -0.389 e. The van der Waals surface area contributed by atoms with Crippen molar-refractivity contribution >= 4 is 11.6 Å². The Morgan fingerprint density at radius 1 is 1.34 bits per heavy atom. The number of hydrogen-bond donors (Lipinski definition) is 2. The number of aliphatic hydroxyl groups excluding tert-OH is 1. The first-order valence-corrected chi connectivity index (χ1v) is 10.7. The van der Waals surface area contributed by atoms with E-state index in [1.165, 1.54) is 12.0 Å². The van der Waals surface area contributed by atoms with Crippen LogP contribution in [0.1, 0.15) is 37.8 Å². The quantitative estimate of drug-likeness (QED) is 0.623. The average molecular weight is 401 g/mol. The molecule has 5 heteroatoms. The molecule has 1 aromatic carbocycles. The molecule has 4 rings (SSSR count). The van der Waals surface area contributed by atoms with Crippen LogP contribution in [-0.4, -0.2) is 55.4 Å². The van der Waals surface area contributed by atoms with Crippen molar-refractivity contribution in [3.8, 4) is 0 Å². The molecule has 1 fully saturated rings. The number of anilines is 1. The van der Waals surface area contributed by atoms with Crippen molar-refractivity contribution in [3.63, 3.8) is 0 Å². The van der Waals surface area contributed by atoms with E-state index >= 15 is 0 Å². The summed E-state index contributed by atoms with van der Waals surface area (Å²) in [7, 11) is 1.84. The van der Waals surface area contributed by atoms with Crippen LogP contribution in [0.3, 0.4) is 0 Å². The molecule has 0 heterocycles. The van der Waals surface area contributed by atoms with Gasteiger partial charge in [-0.2, -0.15) is 0 Å². The first kappa shape index (κ1) is 22.0. The lowest BCUT2D eigenvalue weighted by atomic mass is 9.49. The fourth-order valence-corrected chi connectivity index (χ4v) is 4.87. The summed E-state index contributed by atoms with van der Waals surface area (Å²) < 4.78 is 5.81. The van der Waals surface area contributed by atoms with Crippen LogP contribution in [0.15, 0.2) is 29.8 Å². The molecule has 0 aromatic heterocycles. The van der Waals surface area contributed by atoms with Gasteiger partial charge in [0.2, 0.25) is 5.91 Å². The number of carbonyl (C=O) groups excluding carboxylic acids is 1. The summed E-state index contributed by atoms with van der Waals surface area (Å²) in [4.78, 5) is 14.2. The van der Waals surface area contributed by atoms with Gasteiger partial charge in [0, 0.05) is 12.2 Å². The Morgan fingerprint density at radius 3 is 2.66 bits per heavy atom.